The topological polar surface area (TPSA) is 226 Å². The first-order chi connectivity index (χ1) is 22.4. The fourth-order valence-corrected chi connectivity index (χ4v) is 5.33. The summed E-state index contributed by atoms with van der Waals surface area (Å²) in [6.07, 6.45) is 0.215. The summed E-state index contributed by atoms with van der Waals surface area (Å²) in [5.41, 5.74) is 0. The molecule has 5 atom stereocenters. The van der Waals surface area contributed by atoms with Gasteiger partial charge < -0.3 is 31.9 Å². The number of Topliss-reactive ketones (excluding diaryl/α,β-unsaturated/α-hetero) is 5. The van der Waals surface area contributed by atoms with Crippen molar-refractivity contribution >= 4 is 52.5 Å². The summed E-state index contributed by atoms with van der Waals surface area (Å²) in [6, 6.07) is -3.48. The van der Waals surface area contributed by atoms with Crippen molar-refractivity contribution in [1.82, 2.24) is 31.9 Å². The Hall–Kier alpha value is -3.85. The van der Waals surface area contributed by atoms with Gasteiger partial charge in [0.15, 0.2) is 0 Å². The number of carbonyl (C=O) groups is 9. The summed E-state index contributed by atoms with van der Waals surface area (Å²) >= 11 is 0. The molecule has 0 spiro atoms. The summed E-state index contributed by atoms with van der Waals surface area (Å²) in [6.45, 7) is 7.48. The van der Waals surface area contributed by atoms with E-state index >= 15 is 0 Å². The minimum Gasteiger partial charge on any atom is -0.353 e. The van der Waals surface area contributed by atoms with Crippen molar-refractivity contribution in [2.75, 3.05) is 20.6 Å². The molecule has 4 amide bonds. The molecule has 0 saturated carbocycles. The van der Waals surface area contributed by atoms with E-state index in [1.54, 1.807) is 14.1 Å². The van der Waals surface area contributed by atoms with Crippen molar-refractivity contribution in [3.63, 3.8) is 0 Å². The van der Waals surface area contributed by atoms with Crippen LogP contribution in [0.5, 0.6) is 0 Å². The molecule has 272 valence electrons. The van der Waals surface area contributed by atoms with Gasteiger partial charge in [-0.15, -0.1) is 0 Å². The smallest absolute Gasteiger partial charge is 0.222 e. The van der Waals surface area contributed by atoms with Crippen LogP contribution in [-0.2, 0) is 43.2 Å². The van der Waals surface area contributed by atoms with Gasteiger partial charge in [0.05, 0.1) is 0 Å². The van der Waals surface area contributed by atoms with Crippen molar-refractivity contribution < 1.29 is 43.2 Å². The standard InChI is InChI=1S/C33H56N6O9/c1-20(40)11-25(9-8-10-34-6)36-31(46)17-27(13-22(3)42)38-33(48)19-29(15-24(5)44)39-32(47)18-28(14-23(4)43)37-30(45)16-26(35-7)12-21(2)41/h25-29,34-35H,8-19H2,1-7H3,(H,36,46)(H,37,45)(H,38,48)(H,39,47). The van der Waals surface area contributed by atoms with E-state index in [4.69, 9.17) is 0 Å². The van der Waals surface area contributed by atoms with Gasteiger partial charge in [-0.1, -0.05) is 0 Å². The molecule has 0 heterocycles. The second kappa shape index (κ2) is 24.3. The highest BCUT2D eigenvalue weighted by atomic mass is 16.2. The first-order valence-electron chi connectivity index (χ1n) is 16.4. The molecule has 0 rings (SSSR count). The molecular weight excluding hydrogens is 624 g/mol. The van der Waals surface area contributed by atoms with Gasteiger partial charge in [-0.3, -0.25) is 43.2 Å². The molecule has 0 fully saturated rings. The molecule has 15 nitrogen and oxygen atoms in total. The van der Waals surface area contributed by atoms with Crippen LogP contribution in [0.25, 0.3) is 0 Å². The second-order valence-corrected chi connectivity index (χ2v) is 12.6. The average molecular weight is 681 g/mol. The largest absolute Gasteiger partial charge is 0.353 e. The number of nitrogens with one attached hydrogen (secondary N) is 6. The van der Waals surface area contributed by atoms with Crippen molar-refractivity contribution in [2.45, 2.75) is 135 Å². The van der Waals surface area contributed by atoms with Gasteiger partial charge in [0.25, 0.3) is 0 Å². The van der Waals surface area contributed by atoms with Crippen molar-refractivity contribution in [3.8, 4) is 0 Å². The van der Waals surface area contributed by atoms with Gasteiger partial charge in [-0.25, -0.2) is 0 Å². The number of hydrogen-bond acceptors (Lipinski definition) is 11. The van der Waals surface area contributed by atoms with Crippen LogP contribution in [0.3, 0.4) is 0 Å². The van der Waals surface area contributed by atoms with Crippen LogP contribution in [0.2, 0.25) is 0 Å². The third-order valence-corrected chi connectivity index (χ3v) is 7.24. The first kappa shape index (κ1) is 44.1. The molecule has 0 saturated heterocycles. The quantitative estimate of drug-likeness (QED) is 0.0632. The number of ketones is 5. The summed E-state index contributed by atoms with van der Waals surface area (Å²) in [5, 5.41) is 16.7. The van der Waals surface area contributed by atoms with E-state index < -0.39 is 53.8 Å². The Kier molecular flexibility index (Phi) is 22.4. The second-order valence-electron chi connectivity index (χ2n) is 12.6. The monoisotopic (exact) mass is 680 g/mol. The lowest BCUT2D eigenvalue weighted by Gasteiger charge is -2.24. The van der Waals surface area contributed by atoms with E-state index in [1.165, 1.54) is 34.6 Å². The van der Waals surface area contributed by atoms with Crippen LogP contribution in [0.15, 0.2) is 0 Å². The Morgan fingerprint density at radius 3 is 0.958 bits per heavy atom. The van der Waals surface area contributed by atoms with Crippen molar-refractivity contribution in [2.24, 2.45) is 0 Å². The van der Waals surface area contributed by atoms with E-state index in [0.29, 0.717) is 13.0 Å². The van der Waals surface area contributed by atoms with Crippen LogP contribution in [0.1, 0.15) is 105 Å². The van der Waals surface area contributed by atoms with Crippen LogP contribution >= 0.6 is 0 Å². The fourth-order valence-electron chi connectivity index (χ4n) is 5.33. The van der Waals surface area contributed by atoms with Crippen LogP contribution in [-0.4, -0.2) is 103 Å². The SMILES string of the molecule is CNCCCC(CC(C)=O)NC(=O)CC(CC(C)=O)NC(=O)CC(CC(C)=O)NC(=O)CC(CC(C)=O)NC(=O)CC(CC(C)=O)NC. The van der Waals surface area contributed by atoms with Gasteiger partial charge in [0.2, 0.25) is 23.6 Å². The number of amides is 4. The highest BCUT2D eigenvalue weighted by Gasteiger charge is 2.26. The van der Waals surface area contributed by atoms with Gasteiger partial charge in [-0.05, 0) is 68.1 Å². The molecule has 0 aliphatic rings. The molecule has 0 aliphatic heterocycles. The van der Waals surface area contributed by atoms with E-state index in [2.05, 4.69) is 31.9 Å². The number of hydrogen-bond donors (Lipinski definition) is 6. The molecule has 0 aromatic heterocycles. The summed E-state index contributed by atoms with van der Waals surface area (Å²) in [5.74, 6) is -3.14. The van der Waals surface area contributed by atoms with E-state index in [0.717, 1.165) is 6.42 Å². The zero-order chi connectivity index (χ0) is 36.8. The summed E-state index contributed by atoms with van der Waals surface area (Å²) in [4.78, 5) is 110. The summed E-state index contributed by atoms with van der Waals surface area (Å²) < 4.78 is 0. The Balaban J connectivity index is 5.50. The third-order valence-electron chi connectivity index (χ3n) is 7.24. The molecule has 15 heteroatoms. The molecule has 0 bridgehead atoms. The Labute approximate surface area is 283 Å². The lowest BCUT2D eigenvalue weighted by Crippen LogP contribution is -2.47. The molecule has 5 unspecified atom stereocenters. The predicted molar refractivity (Wildman–Crippen MR) is 179 cm³/mol. The maximum atomic E-state index is 13.1. The normalized spacial score (nSPS) is 14.0. The van der Waals surface area contributed by atoms with Crippen molar-refractivity contribution in [1.29, 1.82) is 0 Å². The van der Waals surface area contributed by atoms with E-state index in [1.807, 2.05) is 0 Å². The fraction of sp³-hybridized carbons (Fsp3) is 0.727. The van der Waals surface area contributed by atoms with Gasteiger partial charge in [0, 0.05) is 88.0 Å². The summed E-state index contributed by atoms with van der Waals surface area (Å²) in [7, 11) is 3.41. The molecule has 0 aromatic carbocycles. The van der Waals surface area contributed by atoms with Gasteiger partial charge in [-0.2, -0.15) is 0 Å². The maximum Gasteiger partial charge on any atom is 0.222 e. The Morgan fingerprint density at radius 1 is 0.396 bits per heavy atom. The molecule has 0 radical (unpaired) electrons. The zero-order valence-corrected chi connectivity index (χ0v) is 29.5. The van der Waals surface area contributed by atoms with E-state index in [-0.39, 0.29) is 86.7 Å². The van der Waals surface area contributed by atoms with Crippen molar-refractivity contribution in [3.05, 3.63) is 0 Å². The molecule has 48 heavy (non-hydrogen) atoms. The number of carbonyl (C=O) groups excluding carboxylic acids is 9. The zero-order valence-electron chi connectivity index (χ0n) is 29.5. The van der Waals surface area contributed by atoms with Crippen LogP contribution in [0.4, 0.5) is 0 Å². The highest BCUT2D eigenvalue weighted by Crippen LogP contribution is 2.09. The van der Waals surface area contributed by atoms with Crippen LogP contribution < -0.4 is 31.9 Å². The molecule has 0 aromatic rings. The van der Waals surface area contributed by atoms with Gasteiger partial charge in [0.1, 0.15) is 28.9 Å². The molecule has 6 N–H and O–H groups in total. The first-order valence-corrected chi connectivity index (χ1v) is 16.4. The lowest BCUT2D eigenvalue weighted by atomic mass is 10.0. The Bertz CT molecular complexity index is 1140. The van der Waals surface area contributed by atoms with Crippen LogP contribution in [0, 0.1) is 0 Å². The number of rotatable bonds is 27. The lowest BCUT2D eigenvalue weighted by molar-refractivity contribution is -0.126. The minimum atomic E-state index is -0.938. The molecule has 0 aliphatic carbocycles. The third kappa shape index (κ3) is 23.5. The van der Waals surface area contributed by atoms with E-state index in [9.17, 15) is 43.2 Å². The average Bonchev–Trinajstić information content (AvgIpc) is 2.90. The highest BCUT2D eigenvalue weighted by molar-refractivity contribution is 5.87. The minimum absolute atomic E-state index is 0.0492. The van der Waals surface area contributed by atoms with Gasteiger partial charge >= 0.3 is 0 Å². The Morgan fingerprint density at radius 2 is 0.667 bits per heavy atom. The predicted octanol–water partition coefficient (Wildman–Crippen LogP) is -0.0309. The maximum absolute atomic E-state index is 13.1. The molecular formula is C33H56N6O9.